The van der Waals surface area contributed by atoms with Crippen molar-refractivity contribution in [3.8, 4) is 0 Å². The Labute approximate surface area is 168 Å². The highest BCUT2D eigenvalue weighted by Gasteiger charge is 2.27. The SMILES string of the molecule is Cc1ccc(NC(=O)C2CCN(c3nccc4sc(C)cc34)CC2)c(Cl)c1. The number of hydrogen-bond donors (Lipinski definition) is 1. The molecule has 0 radical (unpaired) electrons. The molecule has 1 saturated heterocycles. The van der Waals surface area contributed by atoms with Crippen LogP contribution in [0.3, 0.4) is 0 Å². The molecule has 2 aromatic heterocycles. The molecule has 0 saturated carbocycles. The topological polar surface area (TPSA) is 45.2 Å². The molecule has 3 heterocycles. The Bertz CT molecular complexity index is 992. The number of rotatable bonds is 3. The number of fused-ring (bicyclic) bond motifs is 1. The molecule has 4 nitrogen and oxygen atoms in total. The molecule has 1 aliphatic rings. The van der Waals surface area contributed by atoms with Gasteiger partial charge in [-0.3, -0.25) is 4.79 Å². The van der Waals surface area contributed by atoms with Crippen LogP contribution in [-0.4, -0.2) is 24.0 Å². The van der Waals surface area contributed by atoms with Crippen molar-refractivity contribution >= 4 is 50.4 Å². The highest BCUT2D eigenvalue weighted by Crippen LogP contribution is 2.33. The number of benzene rings is 1. The summed E-state index contributed by atoms with van der Waals surface area (Å²) in [5.41, 5.74) is 1.77. The summed E-state index contributed by atoms with van der Waals surface area (Å²) in [6.07, 6.45) is 3.51. The molecule has 1 aliphatic heterocycles. The van der Waals surface area contributed by atoms with E-state index in [0.717, 1.165) is 37.3 Å². The molecular formula is C21H22ClN3OS. The number of aryl methyl sites for hydroxylation is 2. The van der Waals surface area contributed by atoms with Gasteiger partial charge in [0.15, 0.2) is 0 Å². The quantitative estimate of drug-likeness (QED) is 0.639. The van der Waals surface area contributed by atoms with Gasteiger partial charge in [-0.05, 0) is 56.5 Å². The van der Waals surface area contributed by atoms with Crippen LogP contribution < -0.4 is 10.2 Å². The van der Waals surface area contributed by atoms with Crippen LogP contribution in [0.5, 0.6) is 0 Å². The first kappa shape index (κ1) is 18.3. The van der Waals surface area contributed by atoms with Gasteiger partial charge in [0, 0.05) is 40.2 Å². The van der Waals surface area contributed by atoms with E-state index in [2.05, 4.69) is 34.3 Å². The molecule has 3 aromatic rings. The Morgan fingerprint density at radius 1 is 1.22 bits per heavy atom. The number of aromatic nitrogens is 1. The van der Waals surface area contributed by atoms with E-state index in [1.807, 2.05) is 31.3 Å². The van der Waals surface area contributed by atoms with Gasteiger partial charge in [-0.15, -0.1) is 11.3 Å². The lowest BCUT2D eigenvalue weighted by molar-refractivity contribution is -0.120. The van der Waals surface area contributed by atoms with Crippen molar-refractivity contribution in [1.82, 2.24) is 4.98 Å². The van der Waals surface area contributed by atoms with Crippen LogP contribution in [0.25, 0.3) is 10.1 Å². The van der Waals surface area contributed by atoms with Gasteiger partial charge in [-0.1, -0.05) is 17.7 Å². The maximum absolute atomic E-state index is 12.7. The third-order valence-electron chi connectivity index (χ3n) is 5.10. The van der Waals surface area contributed by atoms with E-state index in [0.29, 0.717) is 10.7 Å². The monoisotopic (exact) mass is 399 g/mol. The summed E-state index contributed by atoms with van der Waals surface area (Å²) in [7, 11) is 0. The van der Waals surface area contributed by atoms with Crippen molar-refractivity contribution in [2.24, 2.45) is 5.92 Å². The van der Waals surface area contributed by atoms with Crippen LogP contribution in [0.4, 0.5) is 11.5 Å². The van der Waals surface area contributed by atoms with Crippen LogP contribution in [0, 0.1) is 19.8 Å². The lowest BCUT2D eigenvalue weighted by atomic mass is 9.95. The van der Waals surface area contributed by atoms with Gasteiger partial charge in [-0.2, -0.15) is 0 Å². The van der Waals surface area contributed by atoms with Crippen molar-refractivity contribution in [3.63, 3.8) is 0 Å². The first-order valence-corrected chi connectivity index (χ1v) is 10.4. The smallest absolute Gasteiger partial charge is 0.227 e. The Morgan fingerprint density at radius 3 is 2.74 bits per heavy atom. The minimum absolute atomic E-state index is 0.00188. The molecule has 0 bridgehead atoms. The largest absolute Gasteiger partial charge is 0.356 e. The second-order valence-corrected chi connectivity index (χ2v) is 8.83. The number of pyridine rings is 1. The summed E-state index contributed by atoms with van der Waals surface area (Å²) in [5.74, 6) is 1.09. The number of carbonyl (C=O) groups excluding carboxylic acids is 1. The van der Waals surface area contributed by atoms with Gasteiger partial charge in [-0.25, -0.2) is 4.98 Å². The standard InChI is InChI=1S/C21H22ClN3OS/c1-13-3-4-18(17(22)11-13)24-21(26)15-6-9-25(10-7-15)20-16-12-14(2)27-19(16)5-8-23-20/h3-5,8,11-12,15H,6-7,9-10H2,1-2H3,(H,24,26). The summed E-state index contributed by atoms with van der Waals surface area (Å²) in [6.45, 7) is 5.78. The van der Waals surface area contributed by atoms with Crippen LogP contribution in [0.15, 0.2) is 36.5 Å². The fourth-order valence-electron chi connectivity index (χ4n) is 3.64. The molecule has 0 unspecified atom stereocenters. The van der Waals surface area contributed by atoms with Crippen molar-refractivity contribution in [3.05, 3.63) is 52.0 Å². The van der Waals surface area contributed by atoms with E-state index >= 15 is 0 Å². The number of carbonyl (C=O) groups is 1. The van der Waals surface area contributed by atoms with Gasteiger partial charge in [0.2, 0.25) is 5.91 Å². The van der Waals surface area contributed by atoms with Crippen LogP contribution in [-0.2, 0) is 4.79 Å². The number of halogens is 1. The molecule has 0 atom stereocenters. The van der Waals surface area contributed by atoms with Crippen molar-refractivity contribution in [2.75, 3.05) is 23.3 Å². The molecule has 0 spiro atoms. The highest BCUT2D eigenvalue weighted by molar-refractivity contribution is 7.19. The molecule has 27 heavy (non-hydrogen) atoms. The minimum atomic E-state index is 0.00188. The zero-order valence-electron chi connectivity index (χ0n) is 15.5. The van der Waals surface area contributed by atoms with E-state index in [1.54, 1.807) is 11.3 Å². The van der Waals surface area contributed by atoms with Crippen molar-refractivity contribution in [2.45, 2.75) is 26.7 Å². The number of piperidine rings is 1. The van der Waals surface area contributed by atoms with Gasteiger partial charge < -0.3 is 10.2 Å². The molecule has 1 amide bonds. The van der Waals surface area contributed by atoms with Crippen molar-refractivity contribution in [1.29, 1.82) is 0 Å². The molecule has 1 N–H and O–H groups in total. The van der Waals surface area contributed by atoms with E-state index < -0.39 is 0 Å². The molecule has 1 aromatic carbocycles. The summed E-state index contributed by atoms with van der Waals surface area (Å²) >= 11 is 8.04. The number of nitrogens with one attached hydrogen (secondary N) is 1. The third-order valence-corrected chi connectivity index (χ3v) is 6.42. The average Bonchev–Trinajstić information content (AvgIpc) is 3.04. The second kappa shape index (κ2) is 7.49. The van der Waals surface area contributed by atoms with Crippen LogP contribution >= 0.6 is 22.9 Å². The molecule has 140 valence electrons. The molecule has 6 heteroatoms. The summed E-state index contributed by atoms with van der Waals surface area (Å²) < 4.78 is 1.27. The Morgan fingerprint density at radius 2 is 2.00 bits per heavy atom. The highest BCUT2D eigenvalue weighted by atomic mass is 35.5. The predicted molar refractivity (Wildman–Crippen MR) is 114 cm³/mol. The Balaban J connectivity index is 1.43. The first-order chi connectivity index (χ1) is 13.0. The Hall–Kier alpha value is -2.11. The zero-order valence-corrected chi connectivity index (χ0v) is 17.0. The number of anilines is 2. The number of nitrogens with zero attached hydrogens (tertiary/aromatic N) is 2. The summed E-state index contributed by atoms with van der Waals surface area (Å²) in [5, 5.41) is 4.80. The first-order valence-electron chi connectivity index (χ1n) is 9.18. The lowest BCUT2D eigenvalue weighted by Crippen LogP contribution is -2.38. The number of thiophene rings is 1. The molecule has 4 rings (SSSR count). The summed E-state index contributed by atoms with van der Waals surface area (Å²) in [4.78, 5) is 20.9. The fourth-order valence-corrected chi connectivity index (χ4v) is 4.83. The minimum Gasteiger partial charge on any atom is -0.356 e. The molecular weight excluding hydrogens is 378 g/mol. The predicted octanol–water partition coefficient (Wildman–Crippen LogP) is 5.42. The van der Waals surface area contributed by atoms with E-state index in [1.165, 1.54) is 15.0 Å². The van der Waals surface area contributed by atoms with Gasteiger partial charge in [0.25, 0.3) is 0 Å². The van der Waals surface area contributed by atoms with Gasteiger partial charge in [0.05, 0.1) is 10.7 Å². The van der Waals surface area contributed by atoms with Gasteiger partial charge >= 0.3 is 0 Å². The van der Waals surface area contributed by atoms with Crippen molar-refractivity contribution < 1.29 is 4.79 Å². The number of amides is 1. The molecule has 1 fully saturated rings. The maximum Gasteiger partial charge on any atom is 0.227 e. The lowest BCUT2D eigenvalue weighted by Gasteiger charge is -2.32. The zero-order chi connectivity index (χ0) is 19.0. The average molecular weight is 400 g/mol. The summed E-state index contributed by atoms with van der Waals surface area (Å²) in [6, 6.07) is 9.98. The van der Waals surface area contributed by atoms with E-state index in [9.17, 15) is 4.79 Å². The van der Waals surface area contributed by atoms with Crippen LogP contribution in [0.1, 0.15) is 23.3 Å². The number of hydrogen-bond acceptors (Lipinski definition) is 4. The normalized spacial score (nSPS) is 15.3. The Kier molecular flexibility index (Phi) is 5.06. The fraction of sp³-hybridized carbons (Fsp3) is 0.333. The third kappa shape index (κ3) is 3.80. The molecule has 0 aliphatic carbocycles. The van der Waals surface area contributed by atoms with E-state index in [-0.39, 0.29) is 11.8 Å². The van der Waals surface area contributed by atoms with E-state index in [4.69, 9.17) is 11.6 Å². The van der Waals surface area contributed by atoms with Crippen LogP contribution in [0.2, 0.25) is 5.02 Å². The van der Waals surface area contributed by atoms with Gasteiger partial charge in [0.1, 0.15) is 5.82 Å². The second-order valence-electron chi connectivity index (χ2n) is 7.14. The maximum atomic E-state index is 12.7.